The zero-order valence-corrected chi connectivity index (χ0v) is 13.1. The lowest BCUT2D eigenvalue weighted by molar-refractivity contribution is 0.0954. The molecular formula is C18H20N2O2. The Kier molecular flexibility index (Phi) is 5.31. The first kappa shape index (κ1) is 15.8. The van der Waals surface area contributed by atoms with Gasteiger partial charge in [0, 0.05) is 5.56 Å². The van der Waals surface area contributed by atoms with Gasteiger partial charge in [-0.25, -0.2) is 5.43 Å². The fourth-order valence-corrected chi connectivity index (χ4v) is 2.14. The van der Waals surface area contributed by atoms with Crippen LogP contribution >= 0.6 is 0 Å². The van der Waals surface area contributed by atoms with Crippen molar-refractivity contribution in [3.8, 4) is 5.75 Å². The molecule has 0 spiro atoms. The van der Waals surface area contributed by atoms with Crippen LogP contribution in [0.2, 0.25) is 0 Å². The van der Waals surface area contributed by atoms with Gasteiger partial charge in [0.1, 0.15) is 5.75 Å². The van der Waals surface area contributed by atoms with Gasteiger partial charge in [0.05, 0.1) is 12.8 Å². The van der Waals surface area contributed by atoms with E-state index in [0.717, 1.165) is 29.0 Å². The van der Waals surface area contributed by atoms with Crippen molar-refractivity contribution < 1.29 is 9.53 Å². The van der Waals surface area contributed by atoms with E-state index in [2.05, 4.69) is 10.5 Å². The SMILES string of the molecule is CC/C(=N\NC(=O)c1ccccc1C)c1ccc(OC)cc1. The second kappa shape index (κ2) is 7.41. The van der Waals surface area contributed by atoms with E-state index in [1.807, 2.05) is 56.3 Å². The summed E-state index contributed by atoms with van der Waals surface area (Å²) in [5.74, 6) is 0.598. The molecule has 2 aromatic carbocycles. The number of hydrogen-bond acceptors (Lipinski definition) is 3. The lowest BCUT2D eigenvalue weighted by atomic mass is 10.1. The van der Waals surface area contributed by atoms with Crippen LogP contribution in [0.5, 0.6) is 5.75 Å². The number of carbonyl (C=O) groups is 1. The Morgan fingerprint density at radius 1 is 1.14 bits per heavy atom. The van der Waals surface area contributed by atoms with E-state index in [4.69, 9.17) is 4.74 Å². The molecule has 0 fully saturated rings. The molecule has 0 aliphatic heterocycles. The summed E-state index contributed by atoms with van der Waals surface area (Å²) in [6.45, 7) is 3.91. The molecule has 0 aromatic heterocycles. The Morgan fingerprint density at radius 3 is 2.41 bits per heavy atom. The molecule has 0 saturated heterocycles. The molecule has 0 aliphatic carbocycles. The highest BCUT2D eigenvalue weighted by molar-refractivity contribution is 6.02. The van der Waals surface area contributed by atoms with E-state index < -0.39 is 0 Å². The predicted molar refractivity (Wildman–Crippen MR) is 88.5 cm³/mol. The third-order valence-corrected chi connectivity index (χ3v) is 3.44. The second-order valence-corrected chi connectivity index (χ2v) is 4.90. The van der Waals surface area contributed by atoms with E-state index >= 15 is 0 Å². The predicted octanol–water partition coefficient (Wildman–Crippen LogP) is 3.55. The van der Waals surface area contributed by atoms with Gasteiger partial charge < -0.3 is 4.74 Å². The first-order valence-corrected chi connectivity index (χ1v) is 7.22. The quantitative estimate of drug-likeness (QED) is 0.677. The third-order valence-electron chi connectivity index (χ3n) is 3.44. The highest BCUT2D eigenvalue weighted by atomic mass is 16.5. The molecule has 0 unspecified atom stereocenters. The summed E-state index contributed by atoms with van der Waals surface area (Å²) in [7, 11) is 1.63. The molecule has 0 aliphatic rings. The van der Waals surface area contributed by atoms with E-state index in [0.29, 0.717) is 5.56 Å². The minimum absolute atomic E-state index is 0.197. The molecule has 114 valence electrons. The lowest BCUT2D eigenvalue weighted by Gasteiger charge is -2.07. The summed E-state index contributed by atoms with van der Waals surface area (Å²) in [5.41, 5.74) is 5.99. The smallest absolute Gasteiger partial charge is 0.271 e. The number of ether oxygens (including phenoxy) is 1. The number of hydrogen-bond donors (Lipinski definition) is 1. The Hall–Kier alpha value is -2.62. The van der Waals surface area contributed by atoms with Crippen LogP contribution in [0, 0.1) is 6.92 Å². The number of benzene rings is 2. The van der Waals surface area contributed by atoms with Crippen molar-refractivity contribution in [2.24, 2.45) is 5.10 Å². The van der Waals surface area contributed by atoms with Crippen LogP contribution in [-0.2, 0) is 0 Å². The van der Waals surface area contributed by atoms with Crippen LogP contribution in [-0.4, -0.2) is 18.7 Å². The number of rotatable bonds is 5. The summed E-state index contributed by atoms with van der Waals surface area (Å²) in [4.78, 5) is 12.2. The monoisotopic (exact) mass is 296 g/mol. The minimum Gasteiger partial charge on any atom is -0.497 e. The van der Waals surface area contributed by atoms with Gasteiger partial charge in [-0.1, -0.05) is 25.1 Å². The number of methoxy groups -OCH3 is 1. The molecule has 0 radical (unpaired) electrons. The van der Waals surface area contributed by atoms with Crippen LogP contribution in [0.15, 0.2) is 53.6 Å². The molecule has 1 N–H and O–H groups in total. The van der Waals surface area contributed by atoms with Crippen LogP contribution in [0.25, 0.3) is 0 Å². The third kappa shape index (κ3) is 3.73. The summed E-state index contributed by atoms with van der Waals surface area (Å²) in [5, 5.41) is 4.26. The Morgan fingerprint density at radius 2 is 1.82 bits per heavy atom. The molecule has 0 saturated carbocycles. The zero-order chi connectivity index (χ0) is 15.9. The molecular weight excluding hydrogens is 276 g/mol. The molecule has 4 nitrogen and oxygen atoms in total. The van der Waals surface area contributed by atoms with Crippen LogP contribution < -0.4 is 10.2 Å². The molecule has 4 heteroatoms. The van der Waals surface area contributed by atoms with Crippen LogP contribution in [0.3, 0.4) is 0 Å². The van der Waals surface area contributed by atoms with E-state index in [1.165, 1.54) is 0 Å². The summed E-state index contributed by atoms with van der Waals surface area (Å²) >= 11 is 0. The lowest BCUT2D eigenvalue weighted by Crippen LogP contribution is -2.20. The fraction of sp³-hybridized carbons (Fsp3) is 0.222. The van der Waals surface area contributed by atoms with Gasteiger partial charge in [0.15, 0.2) is 0 Å². The van der Waals surface area contributed by atoms with Crippen molar-refractivity contribution >= 4 is 11.6 Å². The van der Waals surface area contributed by atoms with Gasteiger partial charge in [-0.15, -0.1) is 0 Å². The molecule has 22 heavy (non-hydrogen) atoms. The molecule has 0 atom stereocenters. The van der Waals surface area contributed by atoms with Gasteiger partial charge in [-0.2, -0.15) is 5.10 Å². The number of amides is 1. The Bertz CT molecular complexity index is 676. The van der Waals surface area contributed by atoms with Crippen LogP contribution in [0.4, 0.5) is 0 Å². The maximum atomic E-state index is 12.2. The Labute approximate surface area is 130 Å². The van der Waals surface area contributed by atoms with Gasteiger partial charge >= 0.3 is 0 Å². The molecule has 1 amide bonds. The van der Waals surface area contributed by atoms with Gasteiger partial charge in [-0.3, -0.25) is 4.79 Å². The van der Waals surface area contributed by atoms with Crippen molar-refractivity contribution in [2.45, 2.75) is 20.3 Å². The van der Waals surface area contributed by atoms with E-state index in [-0.39, 0.29) is 5.91 Å². The summed E-state index contributed by atoms with van der Waals surface area (Å²) < 4.78 is 5.14. The normalized spacial score (nSPS) is 11.1. The second-order valence-electron chi connectivity index (χ2n) is 4.90. The summed E-state index contributed by atoms with van der Waals surface area (Å²) in [6, 6.07) is 15.1. The van der Waals surface area contributed by atoms with Gasteiger partial charge in [0.2, 0.25) is 0 Å². The molecule has 2 aromatic rings. The molecule has 2 rings (SSSR count). The first-order chi connectivity index (χ1) is 10.7. The standard InChI is InChI=1S/C18H20N2O2/c1-4-17(14-9-11-15(22-3)12-10-14)19-20-18(21)16-8-6-5-7-13(16)2/h5-12H,4H2,1-3H3,(H,20,21)/b19-17+. The summed E-state index contributed by atoms with van der Waals surface area (Å²) in [6.07, 6.45) is 0.723. The minimum atomic E-state index is -0.197. The van der Waals surface area contributed by atoms with Crippen molar-refractivity contribution in [3.05, 3.63) is 65.2 Å². The van der Waals surface area contributed by atoms with Gasteiger partial charge in [-0.05, 0) is 54.8 Å². The first-order valence-electron chi connectivity index (χ1n) is 7.22. The molecule has 0 heterocycles. The van der Waals surface area contributed by atoms with E-state index in [1.54, 1.807) is 13.2 Å². The maximum Gasteiger partial charge on any atom is 0.271 e. The van der Waals surface area contributed by atoms with Crippen molar-refractivity contribution in [1.82, 2.24) is 5.43 Å². The van der Waals surface area contributed by atoms with Crippen molar-refractivity contribution in [3.63, 3.8) is 0 Å². The van der Waals surface area contributed by atoms with E-state index in [9.17, 15) is 4.79 Å². The Balaban J connectivity index is 2.15. The number of hydrazone groups is 1. The largest absolute Gasteiger partial charge is 0.497 e. The highest BCUT2D eigenvalue weighted by Gasteiger charge is 2.08. The van der Waals surface area contributed by atoms with Crippen molar-refractivity contribution in [2.75, 3.05) is 7.11 Å². The highest BCUT2D eigenvalue weighted by Crippen LogP contribution is 2.13. The average Bonchev–Trinajstić information content (AvgIpc) is 2.56. The van der Waals surface area contributed by atoms with Crippen LogP contribution in [0.1, 0.15) is 34.8 Å². The number of carbonyl (C=O) groups excluding carboxylic acids is 1. The fourth-order valence-electron chi connectivity index (χ4n) is 2.14. The molecule has 0 bridgehead atoms. The number of nitrogens with one attached hydrogen (secondary N) is 1. The zero-order valence-electron chi connectivity index (χ0n) is 13.1. The average molecular weight is 296 g/mol. The maximum absolute atomic E-state index is 12.2. The number of nitrogens with zero attached hydrogens (tertiary/aromatic N) is 1. The number of aryl methyl sites for hydroxylation is 1. The van der Waals surface area contributed by atoms with Crippen molar-refractivity contribution in [1.29, 1.82) is 0 Å². The topological polar surface area (TPSA) is 50.7 Å². The van der Waals surface area contributed by atoms with Gasteiger partial charge in [0.25, 0.3) is 5.91 Å².